The zero-order chi connectivity index (χ0) is 14.0. The largest absolute Gasteiger partial charge is 0.397 e. The van der Waals surface area contributed by atoms with Crippen molar-refractivity contribution < 1.29 is 4.79 Å². The van der Waals surface area contributed by atoms with Crippen molar-refractivity contribution in [3.8, 4) is 0 Å². The highest BCUT2D eigenvalue weighted by Gasteiger charge is 2.31. The molecule has 1 aromatic rings. The average molecular weight is 326 g/mol. The number of nitrogens with two attached hydrogens (primary N) is 1. The minimum absolute atomic E-state index is 0.176. The Morgan fingerprint density at radius 1 is 1.47 bits per heavy atom. The highest BCUT2D eigenvalue weighted by molar-refractivity contribution is 9.10. The number of nitrogens with zero attached hydrogens (tertiary/aromatic N) is 2. The molecule has 2 rings (SSSR count). The summed E-state index contributed by atoms with van der Waals surface area (Å²) in [5.41, 5.74) is 7.55. The number of likely N-dealkylation sites (N-methyl/N-ethyl adjacent to an activating group) is 2. The summed E-state index contributed by atoms with van der Waals surface area (Å²) in [5, 5.41) is 0. The van der Waals surface area contributed by atoms with E-state index < -0.39 is 0 Å². The first-order valence-corrected chi connectivity index (χ1v) is 7.38. The molecule has 0 unspecified atom stereocenters. The summed E-state index contributed by atoms with van der Waals surface area (Å²) in [6.45, 7) is 3.19. The first-order valence-electron chi connectivity index (χ1n) is 6.58. The summed E-state index contributed by atoms with van der Waals surface area (Å²) >= 11 is 3.38. The molecule has 19 heavy (non-hydrogen) atoms. The summed E-state index contributed by atoms with van der Waals surface area (Å²) in [6.07, 6.45) is 2.29. The Morgan fingerprint density at radius 3 is 2.68 bits per heavy atom. The first-order chi connectivity index (χ1) is 9.02. The second-order valence-electron chi connectivity index (χ2n) is 4.97. The molecule has 104 valence electrons. The van der Waals surface area contributed by atoms with E-state index in [0.717, 1.165) is 29.5 Å². The van der Waals surface area contributed by atoms with Gasteiger partial charge in [0.05, 0.1) is 17.9 Å². The van der Waals surface area contributed by atoms with Gasteiger partial charge in [-0.15, -0.1) is 0 Å². The number of amides is 1. The fraction of sp³-hybridized carbons (Fsp3) is 0.500. The predicted octanol–water partition coefficient (Wildman–Crippen LogP) is 2.48. The lowest BCUT2D eigenvalue weighted by Crippen LogP contribution is -2.40. The van der Waals surface area contributed by atoms with Gasteiger partial charge in [-0.2, -0.15) is 0 Å². The zero-order valence-electron chi connectivity index (χ0n) is 11.4. The first kappa shape index (κ1) is 14.2. The third-order valence-electron chi connectivity index (χ3n) is 3.42. The topological polar surface area (TPSA) is 49.6 Å². The zero-order valence-corrected chi connectivity index (χ0v) is 13.0. The standard InChI is InChI=1S/C14H20BrN3O/c1-3-18(11-5-6-11)14(19)9-17(2)13-7-4-10(15)8-12(13)16/h4,7-8,11H,3,5-6,9,16H2,1-2H3. The summed E-state index contributed by atoms with van der Waals surface area (Å²) in [6, 6.07) is 6.19. The molecule has 1 fully saturated rings. The van der Waals surface area contributed by atoms with Crippen LogP contribution in [0.2, 0.25) is 0 Å². The smallest absolute Gasteiger partial charge is 0.242 e. The molecule has 2 N–H and O–H groups in total. The van der Waals surface area contributed by atoms with Crippen LogP contribution >= 0.6 is 15.9 Å². The highest BCUT2D eigenvalue weighted by Crippen LogP contribution is 2.28. The molecule has 1 aliphatic carbocycles. The van der Waals surface area contributed by atoms with Crippen molar-refractivity contribution in [2.75, 3.05) is 30.8 Å². The van der Waals surface area contributed by atoms with Crippen LogP contribution in [0.15, 0.2) is 22.7 Å². The van der Waals surface area contributed by atoms with Crippen molar-refractivity contribution in [2.24, 2.45) is 0 Å². The van der Waals surface area contributed by atoms with Crippen LogP contribution in [0.1, 0.15) is 19.8 Å². The van der Waals surface area contributed by atoms with Gasteiger partial charge in [-0.1, -0.05) is 15.9 Å². The second-order valence-corrected chi connectivity index (χ2v) is 5.89. The number of carbonyl (C=O) groups excluding carboxylic acids is 1. The molecule has 0 aliphatic heterocycles. The molecule has 1 aliphatic rings. The van der Waals surface area contributed by atoms with E-state index in [2.05, 4.69) is 15.9 Å². The van der Waals surface area contributed by atoms with E-state index in [9.17, 15) is 4.79 Å². The predicted molar refractivity (Wildman–Crippen MR) is 82.2 cm³/mol. The summed E-state index contributed by atoms with van der Waals surface area (Å²) in [4.78, 5) is 16.1. The number of anilines is 2. The Labute approximate surface area is 122 Å². The number of carbonyl (C=O) groups is 1. The Bertz CT molecular complexity index is 474. The fourth-order valence-corrected chi connectivity index (χ4v) is 2.66. The van der Waals surface area contributed by atoms with Gasteiger partial charge in [-0.3, -0.25) is 4.79 Å². The van der Waals surface area contributed by atoms with E-state index in [1.54, 1.807) is 0 Å². The van der Waals surface area contributed by atoms with Gasteiger partial charge >= 0.3 is 0 Å². The van der Waals surface area contributed by atoms with E-state index in [0.29, 0.717) is 18.3 Å². The molecule has 1 aromatic carbocycles. The van der Waals surface area contributed by atoms with Gasteiger partial charge in [0.15, 0.2) is 0 Å². The normalized spacial score (nSPS) is 14.3. The van der Waals surface area contributed by atoms with Gasteiger partial charge in [0.1, 0.15) is 0 Å². The maximum absolute atomic E-state index is 12.3. The Morgan fingerprint density at radius 2 is 2.16 bits per heavy atom. The van der Waals surface area contributed by atoms with Gasteiger partial charge in [0, 0.05) is 24.1 Å². The molecule has 0 radical (unpaired) electrons. The number of halogens is 1. The molecule has 0 atom stereocenters. The molecular weight excluding hydrogens is 306 g/mol. The second kappa shape index (κ2) is 5.82. The van der Waals surface area contributed by atoms with Gasteiger partial charge in [0.2, 0.25) is 5.91 Å². The number of nitrogen functional groups attached to an aromatic ring is 1. The molecular formula is C14H20BrN3O. The van der Waals surface area contributed by atoms with Crippen molar-refractivity contribution >= 4 is 33.2 Å². The third-order valence-corrected chi connectivity index (χ3v) is 3.92. The highest BCUT2D eigenvalue weighted by atomic mass is 79.9. The van der Waals surface area contributed by atoms with E-state index in [1.165, 1.54) is 0 Å². The van der Waals surface area contributed by atoms with E-state index >= 15 is 0 Å². The number of rotatable bonds is 5. The number of hydrogen-bond donors (Lipinski definition) is 1. The molecule has 5 heteroatoms. The lowest BCUT2D eigenvalue weighted by atomic mass is 10.2. The quantitative estimate of drug-likeness (QED) is 0.846. The molecule has 1 saturated carbocycles. The molecule has 1 amide bonds. The summed E-state index contributed by atoms with van der Waals surface area (Å²) in [5.74, 6) is 0.176. The van der Waals surface area contributed by atoms with Gasteiger partial charge in [0.25, 0.3) is 0 Å². The molecule has 4 nitrogen and oxygen atoms in total. The summed E-state index contributed by atoms with van der Waals surface area (Å²) < 4.78 is 0.946. The van der Waals surface area contributed by atoms with E-state index in [4.69, 9.17) is 5.73 Å². The maximum Gasteiger partial charge on any atom is 0.242 e. The lowest BCUT2D eigenvalue weighted by Gasteiger charge is -2.26. The monoisotopic (exact) mass is 325 g/mol. The number of benzene rings is 1. The van der Waals surface area contributed by atoms with Crippen LogP contribution in [0.25, 0.3) is 0 Å². The van der Waals surface area contributed by atoms with E-state index in [1.807, 2.05) is 42.0 Å². The molecule has 0 aromatic heterocycles. The summed E-state index contributed by atoms with van der Waals surface area (Å²) in [7, 11) is 1.90. The van der Waals surface area contributed by atoms with Gasteiger partial charge < -0.3 is 15.5 Å². The molecule has 0 spiro atoms. The van der Waals surface area contributed by atoms with E-state index in [-0.39, 0.29) is 5.91 Å². The molecule has 0 bridgehead atoms. The van der Waals surface area contributed by atoms with Crippen LogP contribution in [0.3, 0.4) is 0 Å². The van der Waals surface area contributed by atoms with Crippen LogP contribution in [-0.2, 0) is 4.79 Å². The van der Waals surface area contributed by atoms with Gasteiger partial charge in [-0.25, -0.2) is 0 Å². The van der Waals surface area contributed by atoms with Gasteiger partial charge in [-0.05, 0) is 38.0 Å². The van der Waals surface area contributed by atoms with Crippen LogP contribution in [-0.4, -0.2) is 37.0 Å². The Hall–Kier alpha value is -1.23. The Balaban J connectivity index is 2.03. The fourth-order valence-electron chi connectivity index (χ4n) is 2.28. The SMILES string of the molecule is CCN(C(=O)CN(C)c1ccc(Br)cc1N)C1CC1. The van der Waals surface area contributed by atoms with Crippen LogP contribution in [0.5, 0.6) is 0 Å². The lowest BCUT2D eigenvalue weighted by molar-refractivity contribution is -0.130. The maximum atomic E-state index is 12.3. The van der Waals surface area contributed by atoms with Crippen molar-refractivity contribution in [2.45, 2.75) is 25.8 Å². The van der Waals surface area contributed by atoms with Crippen molar-refractivity contribution in [1.29, 1.82) is 0 Å². The molecule has 0 saturated heterocycles. The van der Waals surface area contributed by atoms with Crippen LogP contribution in [0, 0.1) is 0 Å². The van der Waals surface area contributed by atoms with Crippen molar-refractivity contribution in [3.63, 3.8) is 0 Å². The van der Waals surface area contributed by atoms with Crippen LogP contribution < -0.4 is 10.6 Å². The van der Waals surface area contributed by atoms with Crippen LogP contribution in [0.4, 0.5) is 11.4 Å². The van der Waals surface area contributed by atoms with Crippen molar-refractivity contribution in [1.82, 2.24) is 4.90 Å². The van der Waals surface area contributed by atoms with Crippen molar-refractivity contribution in [3.05, 3.63) is 22.7 Å². The minimum Gasteiger partial charge on any atom is -0.397 e. The Kier molecular flexibility index (Phi) is 4.34. The number of hydrogen-bond acceptors (Lipinski definition) is 3. The average Bonchev–Trinajstić information content (AvgIpc) is 3.14. The molecule has 0 heterocycles. The minimum atomic E-state index is 0.176. The third kappa shape index (κ3) is 3.41.